The minimum atomic E-state index is 0.941. The number of hydrogen-bond acceptors (Lipinski definition) is 2. The molecule has 0 aliphatic heterocycles. The molecule has 3 heteroatoms. The maximum atomic E-state index is 4.20. The van der Waals surface area contributed by atoms with Crippen molar-refractivity contribution in [3.63, 3.8) is 0 Å². The van der Waals surface area contributed by atoms with E-state index in [1.807, 2.05) is 12.3 Å². The van der Waals surface area contributed by atoms with Gasteiger partial charge < -0.3 is 9.88 Å². The first-order chi connectivity index (χ1) is 9.25. The lowest BCUT2D eigenvalue weighted by Crippen LogP contribution is -2.09. The van der Waals surface area contributed by atoms with Crippen molar-refractivity contribution in [2.75, 3.05) is 14.1 Å². The predicted octanol–water partition coefficient (Wildman–Crippen LogP) is 3.29. The van der Waals surface area contributed by atoms with Crippen LogP contribution in [0, 0.1) is 0 Å². The van der Waals surface area contributed by atoms with Crippen molar-refractivity contribution in [1.82, 2.24) is 14.9 Å². The van der Waals surface area contributed by atoms with Crippen LogP contribution in [0.1, 0.15) is 5.56 Å². The third kappa shape index (κ3) is 2.25. The molecule has 3 rings (SSSR count). The van der Waals surface area contributed by atoms with E-state index in [-0.39, 0.29) is 0 Å². The molecule has 0 saturated carbocycles. The summed E-state index contributed by atoms with van der Waals surface area (Å²) in [5.41, 5.74) is 4.86. The lowest BCUT2D eigenvalue weighted by Gasteiger charge is -2.08. The third-order valence-corrected chi connectivity index (χ3v) is 3.26. The minimum absolute atomic E-state index is 0.941. The van der Waals surface area contributed by atoms with Gasteiger partial charge >= 0.3 is 0 Å². The summed E-state index contributed by atoms with van der Waals surface area (Å²) < 4.78 is 0. The second-order valence-electron chi connectivity index (χ2n) is 5.02. The quantitative estimate of drug-likeness (QED) is 0.774. The van der Waals surface area contributed by atoms with Crippen molar-refractivity contribution in [2.45, 2.75) is 6.54 Å². The number of fused-ring (bicyclic) bond motifs is 1. The molecule has 0 unspecified atom stereocenters. The van der Waals surface area contributed by atoms with E-state index in [1.165, 1.54) is 22.0 Å². The van der Waals surface area contributed by atoms with E-state index in [9.17, 15) is 0 Å². The maximum absolute atomic E-state index is 4.20. The summed E-state index contributed by atoms with van der Waals surface area (Å²) in [7, 11) is 4.17. The smallest absolute Gasteiger partial charge is 0.0537 e. The summed E-state index contributed by atoms with van der Waals surface area (Å²) in [4.78, 5) is 9.79. The first kappa shape index (κ1) is 11.9. The summed E-state index contributed by atoms with van der Waals surface area (Å²) in [6, 6.07) is 10.5. The fraction of sp³-hybridized carbons (Fsp3) is 0.188. The number of aromatic nitrogens is 2. The highest BCUT2D eigenvalue weighted by molar-refractivity contribution is 5.95. The van der Waals surface area contributed by atoms with Crippen LogP contribution in [0.15, 0.2) is 48.9 Å². The molecule has 0 atom stereocenters. The van der Waals surface area contributed by atoms with Gasteiger partial charge in [0.15, 0.2) is 0 Å². The van der Waals surface area contributed by atoms with Gasteiger partial charge in [0.2, 0.25) is 0 Å². The summed E-state index contributed by atoms with van der Waals surface area (Å²) in [5.74, 6) is 0. The number of para-hydroxylation sites is 1. The average Bonchev–Trinajstić information content (AvgIpc) is 2.82. The number of pyridine rings is 1. The molecule has 96 valence electrons. The number of rotatable bonds is 3. The van der Waals surface area contributed by atoms with E-state index in [2.05, 4.69) is 59.4 Å². The Labute approximate surface area is 112 Å². The van der Waals surface area contributed by atoms with Crippen molar-refractivity contribution in [3.05, 3.63) is 54.5 Å². The second-order valence-corrected chi connectivity index (χ2v) is 5.02. The molecule has 0 radical (unpaired) electrons. The van der Waals surface area contributed by atoms with Crippen molar-refractivity contribution < 1.29 is 0 Å². The van der Waals surface area contributed by atoms with Gasteiger partial charge in [-0.05, 0) is 25.7 Å². The number of nitrogens with zero attached hydrogens (tertiary/aromatic N) is 2. The number of benzene rings is 1. The zero-order valence-electron chi connectivity index (χ0n) is 11.2. The molecule has 2 heterocycles. The van der Waals surface area contributed by atoms with E-state index in [0.29, 0.717) is 0 Å². The Balaban J connectivity index is 2.15. The molecule has 0 aliphatic carbocycles. The number of nitrogens with one attached hydrogen (secondary N) is 1. The highest BCUT2D eigenvalue weighted by atomic mass is 15.0. The van der Waals surface area contributed by atoms with E-state index >= 15 is 0 Å². The van der Waals surface area contributed by atoms with Crippen molar-refractivity contribution in [1.29, 1.82) is 0 Å². The summed E-state index contributed by atoms with van der Waals surface area (Å²) in [5, 5.41) is 1.29. The molecule has 0 fully saturated rings. The van der Waals surface area contributed by atoms with Crippen LogP contribution >= 0.6 is 0 Å². The third-order valence-electron chi connectivity index (χ3n) is 3.26. The molecule has 0 aliphatic rings. The molecule has 3 aromatic rings. The van der Waals surface area contributed by atoms with Gasteiger partial charge in [0.1, 0.15) is 0 Å². The summed E-state index contributed by atoms with van der Waals surface area (Å²) in [6.45, 7) is 0.941. The van der Waals surface area contributed by atoms with Crippen LogP contribution in [0.5, 0.6) is 0 Å². The normalized spacial score (nSPS) is 11.3. The van der Waals surface area contributed by atoms with Gasteiger partial charge in [-0.1, -0.05) is 24.3 Å². The van der Waals surface area contributed by atoms with Gasteiger partial charge in [-0.25, -0.2) is 0 Å². The monoisotopic (exact) mass is 251 g/mol. The zero-order valence-corrected chi connectivity index (χ0v) is 11.2. The Bertz CT molecular complexity index is 684. The lowest BCUT2D eigenvalue weighted by molar-refractivity contribution is 0.404. The van der Waals surface area contributed by atoms with Gasteiger partial charge in [0.05, 0.1) is 5.52 Å². The Morgan fingerprint density at radius 2 is 2.05 bits per heavy atom. The Morgan fingerprint density at radius 1 is 1.16 bits per heavy atom. The predicted molar refractivity (Wildman–Crippen MR) is 78.9 cm³/mol. The van der Waals surface area contributed by atoms with E-state index in [4.69, 9.17) is 0 Å². The van der Waals surface area contributed by atoms with Crippen molar-refractivity contribution >= 4 is 10.9 Å². The average molecular weight is 251 g/mol. The molecule has 0 bridgehead atoms. The minimum Gasteiger partial charge on any atom is -0.360 e. The molecule has 0 saturated heterocycles. The van der Waals surface area contributed by atoms with Crippen LogP contribution in [0.4, 0.5) is 0 Å². The molecule has 2 aromatic heterocycles. The Hall–Kier alpha value is -2.13. The molecule has 1 aromatic carbocycles. The maximum Gasteiger partial charge on any atom is 0.0537 e. The second kappa shape index (κ2) is 4.86. The van der Waals surface area contributed by atoms with Crippen LogP contribution in [0.25, 0.3) is 22.0 Å². The highest BCUT2D eigenvalue weighted by Crippen LogP contribution is 2.29. The van der Waals surface area contributed by atoms with E-state index < -0.39 is 0 Å². The van der Waals surface area contributed by atoms with Crippen LogP contribution in [0.2, 0.25) is 0 Å². The molecular formula is C16H17N3. The van der Waals surface area contributed by atoms with Crippen LogP contribution < -0.4 is 0 Å². The first-order valence-corrected chi connectivity index (χ1v) is 6.40. The fourth-order valence-electron chi connectivity index (χ4n) is 2.45. The van der Waals surface area contributed by atoms with Crippen LogP contribution in [-0.4, -0.2) is 29.0 Å². The summed E-state index contributed by atoms with van der Waals surface area (Å²) >= 11 is 0. The topological polar surface area (TPSA) is 31.9 Å². The molecule has 0 amide bonds. The molecule has 19 heavy (non-hydrogen) atoms. The lowest BCUT2D eigenvalue weighted by atomic mass is 10.0. The standard InChI is InChI=1S/C16H17N3/c1-19(2)11-13-10-18-16-14(6-3-7-15(13)16)12-5-4-8-17-9-12/h3-10,18H,11H2,1-2H3. The van der Waals surface area contributed by atoms with Gasteiger partial charge in [-0.2, -0.15) is 0 Å². The van der Waals surface area contributed by atoms with Gasteiger partial charge in [0.25, 0.3) is 0 Å². The largest absolute Gasteiger partial charge is 0.360 e. The van der Waals surface area contributed by atoms with E-state index in [0.717, 1.165) is 12.1 Å². The molecule has 0 spiro atoms. The van der Waals surface area contributed by atoms with Gasteiger partial charge in [0, 0.05) is 41.6 Å². The molecule has 1 N–H and O–H groups in total. The van der Waals surface area contributed by atoms with Crippen molar-refractivity contribution in [3.8, 4) is 11.1 Å². The Morgan fingerprint density at radius 3 is 2.79 bits per heavy atom. The van der Waals surface area contributed by atoms with E-state index in [1.54, 1.807) is 6.20 Å². The number of aromatic amines is 1. The van der Waals surface area contributed by atoms with Crippen LogP contribution in [0.3, 0.4) is 0 Å². The van der Waals surface area contributed by atoms with Crippen LogP contribution in [-0.2, 0) is 6.54 Å². The summed E-state index contributed by atoms with van der Waals surface area (Å²) in [6.07, 6.45) is 5.81. The molecule has 3 nitrogen and oxygen atoms in total. The SMILES string of the molecule is CN(C)Cc1c[nH]c2c(-c3cccnc3)cccc12. The number of hydrogen-bond donors (Lipinski definition) is 1. The van der Waals surface area contributed by atoms with Crippen molar-refractivity contribution in [2.24, 2.45) is 0 Å². The first-order valence-electron chi connectivity index (χ1n) is 6.40. The van der Waals surface area contributed by atoms with Gasteiger partial charge in [-0.3, -0.25) is 4.98 Å². The molecular weight excluding hydrogens is 234 g/mol. The Kier molecular flexibility index (Phi) is 3.05. The highest BCUT2D eigenvalue weighted by Gasteiger charge is 2.09. The number of H-pyrrole nitrogens is 1. The fourth-order valence-corrected chi connectivity index (χ4v) is 2.45. The van der Waals surface area contributed by atoms with Gasteiger partial charge in [-0.15, -0.1) is 0 Å². The zero-order chi connectivity index (χ0) is 13.2.